The first kappa shape index (κ1) is 22.8. The van der Waals surface area contributed by atoms with Crippen molar-refractivity contribution in [3.8, 4) is 0 Å². The number of aromatic nitrogens is 1. The Morgan fingerprint density at radius 2 is 2.12 bits per heavy atom. The van der Waals surface area contributed by atoms with Gasteiger partial charge in [-0.2, -0.15) is 0 Å². The van der Waals surface area contributed by atoms with Crippen LogP contribution in [0, 0.1) is 16.0 Å². The highest BCUT2D eigenvalue weighted by Crippen LogP contribution is 2.33. The quantitative estimate of drug-likeness (QED) is 0.304. The maximum Gasteiger partial charge on any atom is 0.338 e. The maximum absolute atomic E-state index is 13.5. The Bertz CT molecular complexity index is 1430. The highest BCUT2D eigenvalue weighted by molar-refractivity contribution is 7.10. The molecule has 0 saturated carbocycles. The summed E-state index contributed by atoms with van der Waals surface area (Å²) in [6.45, 7) is 5.91. The number of fused-ring (bicyclic) bond motifs is 1. The summed E-state index contributed by atoms with van der Waals surface area (Å²) in [7, 11) is 0. The molecule has 1 aliphatic heterocycles. The third kappa shape index (κ3) is 4.57. The van der Waals surface area contributed by atoms with Gasteiger partial charge in [0.15, 0.2) is 4.80 Å². The first-order valence-corrected chi connectivity index (χ1v) is 11.9. The molecule has 4 rings (SSSR count). The monoisotopic (exact) mass is 483 g/mol. The molecule has 170 valence electrons. The van der Waals surface area contributed by atoms with Crippen LogP contribution in [0.4, 0.5) is 5.69 Å². The first-order valence-electron chi connectivity index (χ1n) is 10.2. The van der Waals surface area contributed by atoms with Gasteiger partial charge in [0.25, 0.3) is 11.2 Å². The van der Waals surface area contributed by atoms with Crippen molar-refractivity contribution in [1.82, 2.24) is 4.57 Å². The second-order valence-electron chi connectivity index (χ2n) is 7.94. The smallest absolute Gasteiger partial charge is 0.338 e. The van der Waals surface area contributed by atoms with E-state index in [4.69, 9.17) is 4.74 Å². The number of nitro groups is 1. The summed E-state index contributed by atoms with van der Waals surface area (Å²) < 4.78 is 7.39. The minimum absolute atomic E-state index is 0.0565. The average molecular weight is 484 g/mol. The van der Waals surface area contributed by atoms with Gasteiger partial charge in [-0.25, -0.2) is 9.79 Å². The molecular formula is C23H21N3O5S2. The summed E-state index contributed by atoms with van der Waals surface area (Å²) in [5, 5.41) is 13.0. The summed E-state index contributed by atoms with van der Waals surface area (Å²) in [4.78, 5) is 42.9. The number of hydrogen-bond acceptors (Lipinski definition) is 8. The number of carbonyl (C=O) groups excluding carboxylic acids is 1. The summed E-state index contributed by atoms with van der Waals surface area (Å²) in [5.74, 6) is -0.317. The Balaban J connectivity index is 1.86. The molecule has 8 nitrogen and oxygen atoms in total. The zero-order valence-corrected chi connectivity index (χ0v) is 19.8. The van der Waals surface area contributed by atoms with Crippen molar-refractivity contribution >= 4 is 40.4 Å². The standard InChI is InChI=1S/C23H21N3O5S2/c1-13(2)12-31-22(28)19-14(3)24-23-25(20(19)17-8-5-9-32-17)21(27)18(33-23)11-15-6-4-7-16(10-15)26(29)30/h4-11,13,20H,12H2,1-3H3/b18-11+/t20-/m0/s1. The fraction of sp³-hybridized carbons (Fsp3) is 0.261. The molecule has 0 fully saturated rings. The number of non-ortho nitro benzene ring substituents is 1. The molecule has 0 spiro atoms. The maximum atomic E-state index is 13.5. The van der Waals surface area contributed by atoms with Crippen molar-refractivity contribution < 1.29 is 14.5 Å². The van der Waals surface area contributed by atoms with Gasteiger partial charge in [0, 0.05) is 17.0 Å². The van der Waals surface area contributed by atoms with E-state index in [1.807, 2.05) is 31.4 Å². The lowest BCUT2D eigenvalue weighted by Gasteiger charge is -2.23. The zero-order valence-electron chi connectivity index (χ0n) is 18.2. The van der Waals surface area contributed by atoms with E-state index in [-0.39, 0.29) is 23.8 Å². The van der Waals surface area contributed by atoms with Crippen LogP contribution in [0.15, 0.2) is 62.8 Å². The Morgan fingerprint density at radius 3 is 2.79 bits per heavy atom. The number of hydrogen-bond donors (Lipinski definition) is 0. The van der Waals surface area contributed by atoms with Gasteiger partial charge in [-0.3, -0.25) is 19.5 Å². The lowest BCUT2D eigenvalue weighted by molar-refractivity contribution is -0.384. The SMILES string of the molecule is CC1=C(C(=O)OCC(C)C)[C@H](c2cccs2)n2c(s/c(=C/c3cccc([N+](=O)[O-])c3)c2=O)=N1. The highest BCUT2D eigenvalue weighted by atomic mass is 32.1. The van der Waals surface area contributed by atoms with Crippen molar-refractivity contribution in [2.75, 3.05) is 6.61 Å². The molecule has 0 bridgehead atoms. The molecule has 10 heteroatoms. The van der Waals surface area contributed by atoms with Crippen LogP contribution in [0.2, 0.25) is 0 Å². The molecule has 0 aliphatic carbocycles. The number of thiazole rings is 1. The van der Waals surface area contributed by atoms with Crippen LogP contribution in [-0.2, 0) is 9.53 Å². The summed E-state index contributed by atoms with van der Waals surface area (Å²) in [5.41, 5.74) is 1.01. The minimum Gasteiger partial charge on any atom is -0.462 e. The van der Waals surface area contributed by atoms with E-state index in [0.29, 0.717) is 26.2 Å². The van der Waals surface area contributed by atoms with Gasteiger partial charge >= 0.3 is 5.97 Å². The van der Waals surface area contributed by atoms with Crippen LogP contribution in [0.5, 0.6) is 0 Å². The molecule has 1 aliphatic rings. The summed E-state index contributed by atoms with van der Waals surface area (Å²) >= 11 is 2.63. The number of carbonyl (C=O) groups is 1. The van der Waals surface area contributed by atoms with Gasteiger partial charge in [0.2, 0.25) is 0 Å². The second kappa shape index (κ2) is 9.24. The van der Waals surface area contributed by atoms with E-state index in [0.717, 1.165) is 4.88 Å². The van der Waals surface area contributed by atoms with Crippen molar-refractivity contribution in [3.63, 3.8) is 0 Å². The number of rotatable bonds is 6. The highest BCUT2D eigenvalue weighted by Gasteiger charge is 2.34. The number of nitrogens with zero attached hydrogens (tertiary/aromatic N) is 3. The van der Waals surface area contributed by atoms with Crippen molar-refractivity contribution in [2.45, 2.75) is 26.8 Å². The molecule has 0 N–H and O–H groups in total. The van der Waals surface area contributed by atoms with E-state index in [9.17, 15) is 19.7 Å². The minimum atomic E-state index is -0.645. The predicted molar refractivity (Wildman–Crippen MR) is 127 cm³/mol. The van der Waals surface area contributed by atoms with Crippen LogP contribution >= 0.6 is 22.7 Å². The number of allylic oxidation sites excluding steroid dienone is 1. The van der Waals surface area contributed by atoms with Crippen LogP contribution < -0.4 is 14.9 Å². The van der Waals surface area contributed by atoms with E-state index in [1.165, 1.54) is 39.4 Å². The molecular weight excluding hydrogens is 462 g/mol. The Hall–Kier alpha value is -3.37. The molecule has 1 atom stereocenters. The fourth-order valence-electron chi connectivity index (χ4n) is 3.50. The van der Waals surface area contributed by atoms with Crippen LogP contribution in [0.1, 0.15) is 37.3 Å². The lowest BCUT2D eigenvalue weighted by Crippen LogP contribution is -2.39. The normalized spacial score (nSPS) is 16.0. The van der Waals surface area contributed by atoms with Crippen molar-refractivity contribution in [3.05, 3.63) is 93.3 Å². The Kier molecular flexibility index (Phi) is 6.39. The molecule has 2 aromatic heterocycles. The van der Waals surface area contributed by atoms with E-state index < -0.39 is 16.9 Å². The molecule has 0 amide bonds. The van der Waals surface area contributed by atoms with Crippen molar-refractivity contribution in [2.24, 2.45) is 10.9 Å². The lowest BCUT2D eigenvalue weighted by atomic mass is 10.0. The third-order valence-electron chi connectivity index (χ3n) is 4.98. The Labute approximate surface area is 197 Å². The van der Waals surface area contributed by atoms with Crippen LogP contribution in [0.25, 0.3) is 6.08 Å². The number of benzene rings is 1. The summed E-state index contributed by atoms with van der Waals surface area (Å²) in [6.07, 6.45) is 1.61. The van der Waals surface area contributed by atoms with Gasteiger partial charge in [0.05, 0.1) is 27.3 Å². The molecule has 33 heavy (non-hydrogen) atoms. The molecule has 0 radical (unpaired) electrons. The van der Waals surface area contributed by atoms with Crippen LogP contribution in [0.3, 0.4) is 0 Å². The van der Waals surface area contributed by atoms with E-state index >= 15 is 0 Å². The van der Waals surface area contributed by atoms with Gasteiger partial charge < -0.3 is 4.74 Å². The topological polar surface area (TPSA) is 104 Å². The van der Waals surface area contributed by atoms with E-state index in [1.54, 1.807) is 25.1 Å². The Morgan fingerprint density at radius 1 is 1.33 bits per heavy atom. The molecule has 0 unspecified atom stereocenters. The zero-order chi connectivity index (χ0) is 23.7. The predicted octanol–water partition coefficient (Wildman–Crippen LogP) is 3.40. The average Bonchev–Trinajstić information content (AvgIpc) is 3.40. The molecule has 3 aromatic rings. The number of ether oxygens (including phenoxy) is 1. The van der Waals surface area contributed by atoms with Gasteiger partial charge in [-0.05, 0) is 35.9 Å². The van der Waals surface area contributed by atoms with E-state index in [2.05, 4.69) is 4.99 Å². The fourth-order valence-corrected chi connectivity index (χ4v) is 5.37. The second-order valence-corrected chi connectivity index (χ2v) is 9.93. The van der Waals surface area contributed by atoms with Gasteiger partial charge in [-0.1, -0.05) is 43.4 Å². The van der Waals surface area contributed by atoms with Gasteiger partial charge in [-0.15, -0.1) is 11.3 Å². The third-order valence-corrected chi connectivity index (χ3v) is 6.89. The van der Waals surface area contributed by atoms with Crippen molar-refractivity contribution in [1.29, 1.82) is 0 Å². The van der Waals surface area contributed by atoms with Crippen LogP contribution in [-0.4, -0.2) is 22.1 Å². The first-order chi connectivity index (χ1) is 15.8. The summed E-state index contributed by atoms with van der Waals surface area (Å²) in [6, 6.07) is 9.17. The molecule has 0 saturated heterocycles. The number of nitro benzene ring substituents is 1. The largest absolute Gasteiger partial charge is 0.462 e. The number of thiophene rings is 1. The van der Waals surface area contributed by atoms with Gasteiger partial charge in [0.1, 0.15) is 6.04 Å². The number of esters is 1. The molecule has 1 aromatic carbocycles. The molecule has 3 heterocycles.